The van der Waals surface area contributed by atoms with Crippen LogP contribution in [-0.4, -0.2) is 25.0 Å². The zero-order chi connectivity index (χ0) is 30.3. The lowest BCUT2D eigenvalue weighted by molar-refractivity contribution is -0.211. The molecular weight excluding hydrogens is 520 g/mol. The monoisotopic (exact) mass is 574 g/mol. The van der Waals surface area contributed by atoms with Crippen LogP contribution in [0.3, 0.4) is 0 Å². The van der Waals surface area contributed by atoms with Crippen molar-refractivity contribution in [1.29, 1.82) is 0 Å². The minimum atomic E-state index is -0.482. The number of hydrogen-bond donors (Lipinski definition) is 0. The minimum absolute atomic E-state index is 0.00881. The number of ketones is 1. The minimum Gasteiger partial charge on any atom is -0.469 e. The Morgan fingerprint density at radius 2 is 1.57 bits per heavy atom. The van der Waals surface area contributed by atoms with E-state index in [9.17, 15) is 9.59 Å². The quantitative estimate of drug-likeness (QED) is 0.338. The summed E-state index contributed by atoms with van der Waals surface area (Å²) in [4.78, 5) is 27.6. The van der Waals surface area contributed by atoms with Crippen LogP contribution in [0, 0.1) is 50.2 Å². The number of allylic oxidation sites excluding steroid dienone is 2. The molecule has 42 heavy (non-hydrogen) atoms. The van der Waals surface area contributed by atoms with Gasteiger partial charge < -0.3 is 9.47 Å². The van der Waals surface area contributed by atoms with Gasteiger partial charge in [0.05, 0.1) is 25.2 Å². The first-order valence-electron chi connectivity index (χ1n) is 16.6. The molecule has 0 N–H and O–H groups in total. The van der Waals surface area contributed by atoms with Gasteiger partial charge in [-0.2, -0.15) is 0 Å². The number of ether oxygens (including phenoxy) is 2. The topological polar surface area (TPSA) is 52.6 Å². The predicted octanol–water partition coefficient (Wildman–Crippen LogP) is 8.73. The summed E-state index contributed by atoms with van der Waals surface area (Å²) in [7, 11) is 1.52. The van der Waals surface area contributed by atoms with Gasteiger partial charge in [-0.3, -0.25) is 9.59 Å². The van der Waals surface area contributed by atoms with Gasteiger partial charge in [0.1, 0.15) is 0 Å². The van der Waals surface area contributed by atoms with Gasteiger partial charge in [-0.25, -0.2) is 0 Å². The average Bonchev–Trinajstić information content (AvgIpc) is 2.94. The highest BCUT2D eigenvalue weighted by Crippen LogP contribution is 2.75. The van der Waals surface area contributed by atoms with E-state index in [1.54, 1.807) is 0 Å². The summed E-state index contributed by atoms with van der Waals surface area (Å²) in [6.45, 7) is 17.4. The van der Waals surface area contributed by atoms with E-state index in [0.29, 0.717) is 18.3 Å². The highest BCUT2D eigenvalue weighted by atomic mass is 16.5. The van der Waals surface area contributed by atoms with Crippen LogP contribution in [-0.2, 0) is 25.7 Å². The van der Waals surface area contributed by atoms with Gasteiger partial charge in [-0.15, -0.1) is 0 Å². The lowest BCUT2D eigenvalue weighted by Gasteiger charge is -2.70. The van der Waals surface area contributed by atoms with Crippen molar-refractivity contribution in [3.8, 4) is 0 Å². The van der Waals surface area contributed by atoms with E-state index < -0.39 is 5.41 Å². The molecule has 4 nitrogen and oxygen atoms in total. The summed E-state index contributed by atoms with van der Waals surface area (Å²) < 4.78 is 12.0. The second-order valence-corrected chi connectivity index (χ2v) is 16.9. The van der Waals surface area contributed by atoms with Gasteiger partial charge in [-0.1, -0.05) is 77.4 Å². The third-order valence-corrected chi connectivity index (χ3v) is 14.5. The van der Waals surface area contributed by atoms with Crippen LogP contribution in [0.5, 0.6) is 0 Å². The van der Waals surface area contributed by atoms with Gasteiger partial charge in [0, 0.05) is 5.92 Å². The van der Waals surface area contributed by atoms with Gasteiger partial charge >= 0.3 is 5.97 Å². The Bertz CT molecular complexity index is 1280. The maximum Gasteiger partial charge on any atom is 0.311 e. The number of carbonyl (C=O) groups excluding carboxylic acids is 2. The molecule has 1 aromatic rings. The molecule has 9 atom stereocenters. The molecule has 0 amide bonds. The van der Waals surface area contributed by atoms with Crippen LogP contribution in [0.2, 0.25) is 0 Å². The standard InChI is InChI=1S/C38H54O4/c1-33(2)29-14-17-38(7)31(36(29,5)16-15-30(33)42-24-25-12-10-9-11-13-25)28(39)22-26-27-23-35(4,32(40)41-8)19-18-34(27,3)20-21-37(26,38)6/h9-13,22,27,29-31H,14-21,23-24H2,1-8H3/t27-,29?,30-,31+,34+,35-,36-,37+,38+/m0/s1. The maximum absolute atomic E-state index is 14.6. The van der Waals surface area contributed by atoms with Gasteiger partial charge in [0.2, 0.25) is 0 Å². The summed E-state index contributed by atoms with van der Waals surface area (Å²) in [6.07, 6.45) is 11.5. The van der Waals surface area contributed by atoms with Crippen molar-refractivity contribution in [1.82, 2.24) is 0 Å². The van der Waals surface area contributed by atoms with Crippen molar-refractivity contribution >= 4 is 11.8 Å². The Labute approximate surface area is 254 Å². The third-order valence-electron chi connectivity index (χ3n) is 14.5. The van der Waals surface area contributed by atoms with Crippen LogP contribution < -0.4 is 0 Å². The fraction of sp³-hybridized carbons (Fsp3) is 0.737. The molecule has 4 heteroatoms. The molecule has 1 aromatic carbocycles. The molecular formula is C38H54O4. The maximum atomic E-state index is 14.6. The third kappa shape index (κ3) is 4.09. The van der Waals surface area contributed by atoms with E-state index in [4.69, 9.17) is 9.47 Å². The summed E-state index contributed by atoms with van der Waals surface area (Å²) >= 11 is 0. The highest BCUT2D eigenvalue weighted by Gasteiger charge is 2.70. The number of carbonyl (C=O) groups is 2. The molecule has 0 aliphatic heterocycles. The fourth-order valence-corrected chi connectivity index (χ4v) is 11.7. The van der Waals surface area contributed by atoms with Crippen LogP contribution >= 0.6 is 0 Å². The van der Waals surface area contributed by atoms with Crippen LogP contribution in [0.25, 0.3) is 0 Å². The van der Waals surface area contributed by atoms with E-state index in [1.807, 2.05) is 0 Å². The molecule has 0 saturated heterocycles. The normalized spacial score (nSPS) is 45.9. The second kappa shape index (κ2) is 9.78. The second-order valence-electron chi connectivity index (χ2n) is 16.9. The average molecular weight is 575 g/mol. The first-order chi connectivity index (χ1) is 19.6. The number of esters is 1. The summed E-state index contributed by atoms with van der Waals surface area (Å²) in [5, 5.41) is 0. The largest absolute Gasteiger partial charge is 0.469 e. The summed E-state index contributed by atoms with van der Waals surface area (Å²) in [5.41, 5.74) is 2.04. The number of rotatable bonds is 4. The van der Waals surface area contributed by atoms with Gasteiger partial charge in [-0.05, 0) is 115 Å². The molecule has 0 aromatic heterocycles. The molecule has 0 bridgehead atoms. The van der Waals surface area contributed by atoms with Crippen molar-refractivity contribution in [3.63, 3.8) is 0 Å². The number of hydrogen-bond acceptors (Lipinski definition) is 4. The number of benzene rings is 1. The first-order valence-corrected chi connectivity index (χ1v) is 16.6. The van der Waals surface area contributed by atoms with Gasteiger partial charge in [0.25, 0.3) is 0 Å². The van der Waals surface area contributed by atoms with Crippen LogP contribution in [0.1, 0.15) is 112 Å². The molecule has 4 fully saturated rings. The molecule has 230 valence electrons. The van der Waals surface area contributed by atoms with E-state index in [1.165, 1.54) is 24.7 Å². The van der Waals surface area contributed by atoms with Gasteiger partial charge in [0.15, 0.2) is 5.78 Å². The molecule has 0 spiro atoms. The molecule has 4 saturated carbocycles. The Morgan fingerprint density at radius 1 is 0.881 bits per heavy atom. The molecule has 0 heterocycles. The van der Waals surface area contributed by atoms with Crippen molar-refractivity contribution in [2.75, 3.05) is 7.11 Å². The first kappa shape index (κ1) is 30.1. The van der Waals surface area contributed by atoms with Crippen molar-refractivity contribution < 1.29 is 19.1 Å². The SMILES string of the molecule is COC(=O)[C@@]1(C)CC[C@]2(C)CC[C@]3(C)C(=CC(=O)[C@@H]4[C@@]5(C)CC[C@H](OCc6ccccc6)C(C)(C)C5CC[C@]43C)[C@@H]2C1. The zero-order valence-electron chi connectivity index (χ0n) is 27.5. The van der Waals surface area contributed by atoms with E-state index in [2.05, 4.69) is 84.9 Å². The van der Waals surface area contributed by atoms with Crippen molar-refractivity contribution in [2.24, 2.45) is 50.2 Å². The predicted molar refractivity (Wildman–Crippen MR) is 166 cm³/mol. The highest BCUT2D eigenvalue weighted by molar-refractivity contribution is 5.95. The Kier molecular flexibility index (Phi) is 7.01. The number of fused-ring (bicyclic) bond motifs is 7. The molecule has 6 rings (SSSR count). The Balaban J connectivity index is 1.33. The van der Waals surface area contributed by atoms with E-state index in [0.717, 1.165) is 51.4 Å². The molecule has 5 aliphatic rings. The molecule has 0 radical (unpaired) electrons. The summed E-state index contributed by atoms with van der Waals surface area (Å²) in [5.74, 6) is 0.967. The molecule has 5 aliphatic carbocycles. The van der Waals surface area contributed by atoms with Crippen molar-refractivity contribution in [3.05, 3.63) is 47.5 Å². The fourth-order valence-electron chi connectivity index (χ4n) is 11.7. The smallest absolute Gasteiger partial charge is 0.311 e. The lowest BCUT2D eigenvalue weighted by Crippen LogP contribution is -2.66. The van der Waals surface area contributed by atoms with Crippen LogP contribution in [0.15, 0.2) is 42.0 Å². The Hall–Kier alpha value is -1.94. The van der Waals surface area contributed by atoms with Crippen molar-refractivity contribution in [2.45, 2.75) is 119 Å². The number of methoxy groups -OCH3 is 1. The van der Waals surface area contributed by atoms with E-state index in [-0.39, 0.29) is 51.0 Å². The molecule has 1 unspecified atom stereocenters. The van der Waals surface area contributed by atoms with E-state index >= 15 is 0 Å². The lowest BCUT2D eigenvalue weighted by atomic mass is 9.33. The Morgan fingerprint density at radius 3 is 2.26 bits per heavy atom. The summed E-state index contributed by atoms with van der Waals surface area (Å²) in [6, 6.07) is 10.5. The van der Waals surface area contributed by atoms with Crippen LogP contribution in [0.4, 0.5) is 0 Å². The zero-order valence-corrected chi connectivity index (χ0v) is 27.5.